The van der Waals surface area contributed by atoms with Crippen molar-refractivity contribution in [3.63, 3.8) is 0 Å². The Balaban J connectivity index is 1.69. The molecule has 1 heterocycles. The van der Waals surface area contributed by atoms with Crippen LogP contribution in [0.2, 0.25) is 0 Å². The van der Waals surface area contributed by atoms with Crippen LogP contribution in [-0.4, -0.2) is 35.8 Å². The predicted octanol–water partition coefficient (Wildman–Crippen LogP) is 11.6. The van der Waals surface area contributed by atoms with Gasteiger partial charge in [0, 0.05) is 24.3 Å². The SMILES string of the molecule is CCCCC(CC)CN(CC(CC)CCCC)c1ccc(C=C2C(=O)N(C3CCC(C)C3)N=C2c2cccc(C(C)CC)c2)c(C)c1. The molecule has 1 amide bonds. The molecule has 5 atom stereocenters. The molecule has 2 aromatic carbocycles. The molecule has 0 saturated heterocycles. The van der Waals surface area contributed by atoms with Crippen molar-refractivity contribution in [1.82, 2.24) is 5.01 Å². The number of hydrogen-bond donors (Lipinski definition) is 0. The van der Waals surface area contributed by atoms with Gasteiger partial charge in [0.25, 0.3) is 5.91 Å². The summed E-state index contributed by atoms with van der Waals surface area (Å²) in [6.07, 6.45) is 16.6. The molecular weight excluding hydrogens is 574 g/mol. The molecule has 4 rings (SSSR count). The number of rotatable bonds is 18. The quantitative estimate of drug-likeness (QED) is 0.152. The lowest BCUT2D eigenvalue weighted by Crippen LogP contribution is -2.34. The number of hydrazone groups is 1. The molecule has 4 heteroatoms. The van der Waals surface area contributed by atoms with Crippen molar-refractivity contribution in [2.75, 3.05) is 18.0 Å². The van der Waals surface area contributed by atoms with E-state index in [9.17, 15) is 4.79 Å². The number of anilines is 1. The van der Waals surface area contributed by atoms with Crippen LogP contribution >= 0.6 is 0 Å². The predicted molar refractivity (Wildman–Crippen MR) is 203 cm³/mol. The van der Waals surface area contributed by atoms with Gasteiger partial charge in [-0.2, -0.15) is 5.10 Å². The molecule has 2 aromatic rings. The van der Waals surface area contributed by atoms with Crippen LogP contribution in [-0.2, 0) is 4.79 Å². The van der Waals surface area contributed by atoms with Gasteiger partial charge >= 0.3 is 0 Å². The summed E-state index contributed by atoms with van der Waals surface area (Å²) in [5, 5.41) is 6.92. The summed E-state index contributed by atoms with van der Waals surface area (Å²) in [5.41, 5.74) is 7.57. The molecule has 0 spiro atoms. The lowest BCUT2D eigenvalue weighted by molar-refractivity contribution is -0.127. The van der Waals surface area contributed by atoms with Crippen LogP contribution in [0.25, 0.3) is 6.08 Å². The lowest BCUT2D eigenvalue weighted by atomic mass is 9.93. The topological polar surface area (TPSA) is 35.9 Å². The second-order valence-electron chi connectivity index (χ2n) is 14.9. The molecule has 0 radical (unpaired) electrons. The van der Waals surface area contributed by atoms with Gasteiger partial charge < -0.3 is 4.90 Å². The third-order valence-electron chi connectivity index (χ3n) is 11.2. The van der Waals surface area contributed by atoms with E-state index < -0.39 is 0 Å². The molecule has 5 unspecified atom stereocenters. The summed E-state index contributed by atoms with van der Waals surface area (Å²) in [7, 11) is 0. The average molecular weight is 640 g/mol. The van der Waals surface area contributed by atoms with Gasteiger partial charge in [0.1, 0.15) is 5.71 Å². The highest BCUT2D eigenvalue weighted by atomic mass is 16.2. The molecule has 1 aliphatic carbocycles. The van der Waals surface area contributed by atoms with Crippen LogP contribution in [0.4, 0.5) is 5.69 Å². The van der Waals surface area contributed by atoms with Gasteiger partial charge in [-0.15, -0.1) is 0 Å². The van der Waals surface area contributed by atoms with Gasteiger partial charge in [0.2, 0.25) is 0 Å². The summed E-state index contributed by atoms with van der Waals surface area (Å²) in [6.45, 7) is 20.6. The van der Waals surface area contributed by atoms with Crippen LogP contribution in [0.3, 0.4) is 0 Å². The Bertz CT molecular complexity index is 1340. The molecule has 2 aliphatic rings. The highest BCUT2D eigenvalue weighted by Crippen LogP contribution is 2.35. The lowest BCUT2D eigenvalue weighted by Gasteiger charge is -2.33. The number of nitrogens with zero attached hydrogens (tertiary/aromatic N) is 3. The molecular formula is C43H65N3O. The first-order valence-corrected chi connectivity index (χ1v) is 19.3. The zero-order valence-electron chi connectivity index (χ0n) is 31.2. The van der Waals surface area contributed by atoms with Crippen LogP contribution in [0.1, 0.15) is 154 Å². The Morgan fingerprint density at radius 1 is 0.915 bits per heavy atom. The maximum absolute atomic E-state index is 14.2. The molecule has 0 N–H and O–H groups in total. The van der Waals surface area contributed by atoms with Crippen molar-refractivity contribution in [3.8, 4) is 0 Å². The minimum Gasteiger partial charge on any atom is -0.371 e. The third-order valence-corrected chi connectivity index (χ3v) is 11.2. The summed E-state index contributed by atoms with van der Waals surface area (Å²) < 4.78 is 0. The van der Waals surface area contributed by atoms with Crippen LogP contribution in [0.15, 0.2) is 53.1 Å². The number of unbranched alkanes of at least 4 members (excludes halogenated alkanes) is 2. The Morgan fingerprint density at radius 3 is 2.15 bits per heavy atom. The highest BCUT2D eigenvalue weighted by molar-refractivity contribution is 6.33. The molecule has 258 valence electrons. The maximum Gasteiger partial charge on any atom is 0.276 e. The minimum atomic E-state index is 0.0570. The van der Waals surface area contributed by atoms with Gasteiger partial charge in [0.05, 0.1) is 11.6 Å². The molecule has 4 nitrogen and oxygen atoms in total. The summed E-state index contributed by atoms with van der Waals surface area (Å²) >= 11 is 0. The molecule has 1 aliphatic heterocycles. The van der Waals surface area contributed by atoms with Crippen molar-refractivity contribution in [1.29, 1.82) is 0 Å². The van der Waals surface area contributed by atoms with E-state index in [2.05, 4.69) is 109 Å². The fraction of sp³-hybridized carbons (Fsp3) is 0.628. The Hall–Kier alpha value is -2.88. The number of hydrogen-bond acceptors (Lipinski definition) is 3. The number of benzene rings is 2. The number of carbonyl (C=O) groups is 1. The molecule has 47 heavy (non-hydrogen) atoms. The second kappa shape index (κ2) is 18.0. The van der Waals surface area contributed by atoms with E-state index >= 15 is 0 Å². The fourth-order valence-electron chi connectivity index (χ4n) is 7.57. The molecule has 1 saturated carbocycles. The number of aryl methyl sites for hydroxylation is 1. The maximum atomic E-state index is 14.2. The van der Waals surface area contributed by atoms with Crippen molar-refractivity contribution in [3.05, 3.63) is 70.3 Å². The molecule has 0 aromatic heterocycles. The van der Waals surface area contributed by atoms with Gasteiger partial charge in [-0.25, -0.2) is 5.01 Å². The smallest absolute Gasteiger partial charge is 0.276 e. The van der Waals surface area contributed by atoms with Gasteiger partial charge in [-0.05, 0) is 110 Å². The first-order chi connectivity index (χ1) is 22.7. The highest BCUT2D eigenvalue weighted by Gasteiger charge is 2.38. The van der Waals surface area contributed by atoms with Crippen LogP contribution in [0, 0.1) is 24.7 Å². The van der Waals surface area contributed by atoms with Gasteiger partial charge in [-0.1, -0.05) is 111 Å². The third kappa shape index (κ3) is 9.61. The molecule has 0 bridgehead atoms. The zero-order chi connectivity index (χ0) is 33.9. The molecule has 1 fully saturated rings. The summed E-state index contributed by atoms with van der Waals surface area (Å²) in [4.78, 5) is 16.9. The van der Waals surface area contributed by atoms with E-state index in [1.807, 2.05) is 5.01 Å². The number of amides is 1. The standard InChI is InChI=1S/C43H65N3O/c1-9-14-17-34(12-4)29-45(30-35(13-5)18-15-10-2)39-24-22-37(33(8)26-39)28-41-42(38-20-16-19-36(27-38)32(7)11-3)44-46(43(41)47)40-23-21-31(6)25-40/h16,19-20,22,24,26-28,31-32,34-35,40H,9-15,17-18,21,23,25,29-30H2,1-8H3. The van der Waals surface area contributed by atoms with Crippen molar-refractivity contribution < 1.29 is 4.79 Å². The zero-order valence-corrected chi connectivity index (χ0v) is 31.2. The summed E-state index contributed by atoms with van der Waals surface area (Å²) in [6, 6.07) is 15.9. The van der Waals surface area contributed by atoms with Crippen molar-refractivity contribution in [2.45, 2.75) is 144 Å². The van der Waals surface area contributed by atoms with E-state index in [0.29, 0.717) is 23.7 Å². The van der Waals surface area contributed by atoms with Gasteiger partial charge in [0.15, 0.2) is 0 Å². The van der Waals surface area contributed by atoms with Crippen molar-refractivity contribution >= 4 is 23.4 Å². The van der Waals surface area contributed by atoms with E-state index in [1.165, 1.54) is 68.2 Å². The van der Waals surface area contributed by atoms with E-state index in [-0.39, 0.29) is 11.9 Å². The van der Waals surface area contributed by atoms with E-state index in [0.717, 1.165) is 61.2 Å². The minimum absolute atomic E-state index is 0.0570. The Kier molecular flexibility index (Phi) is 14.2. The first-order valence-electron chi connectivity index (χ1n) is 19.3. The first kappa shape index (κ1) is 36.9. The summed E-state index contributed by atoms with van der Waals surface area (Å²) in [5.74, 6) is 2.58. The Morgan fingerprint density at radius 2 is 1.60 bits per heavy atom. The normalized spacial score (nSPS) is 20.9. The van der Waals surface area contributed by atoms with E-state index in [4.69, 9.17) is 5.10 Å². The van der Waals surface area contributed by atoms with E-state index in [1.54, 1.807) is 0 Å². The Labute approximate surface area is 288 Å². The average Bonchev–Trinajstić information content (AvgIpc) is 3.66. The monoisotopic (exact) mass is 640 g/mol. The van der Waals surface area contributed by atoms with Crippen LogP contribution in [0.5, 0.6) is 0 Å². The largest absolute Gasteiger partial charge is 0.371 e. The number of carbonyl (C=O) groups excluding carboxylic acids is 1. The fourth-order valence-corrected chi connectivity index (χ4v) is 7.57. The second-order valence-corrected chi connectivity index (χ2v) is 14.9. The van der Waals surface area contributed by atoms with Crippen LogP contribution < -0.4 is 4.90 Å². The van der Waals surface area contributed by atoms with Gasteiger partial charge in [-0.3, -0.25) is 4.79 Å². The van der Waals surface area contributed by atoms with Crippen molar-refractivity contribution in [2.24, 2.45) is 22.9 Å².